The quantitative estimate of drug-likeness (QED) is 0.395. The molecule has 0 amide bonds. The Morgan fingerprint density at radius 2 is 1.92 bits per heavy atom. The van der Waals surface area contributed by atoms with E-state index in [4.69, 9.17) is 9.57 Å². The van der Waals surface area contributed by atoms with Crippen molar-refractivity contribution in [2.24, 2.45) is 0 Å². The number of ether oxygens (including phenoxy) is 1. The first-order chi connectivity index (χ1) is 5.95. The highest BCUT2D eigenvalue weighted by molar-refractivity contribution is 4.63. The Labute approximate surface area is 81.8 Å². The third kappa shape index (κ3) is 9.80. The van der Waals surface area contributed by atoms with Crippen molar-refractivity contribution in [2.45, 2.75) is 59.3 Å². The predicted molar refractivity (Wildman–Crippen MR) is 54.3 cm³/mol. The average molecular weight is 189 g/mol. The molecule has 0 bridgehead atoms. The fourth-order valence-corrected chi connectivity index (χ4v) is 0.687. The van der Waals surface area contributed by atoms with E-state index >= 15 is 0 Å². The molecule has 3 nitrogen and oxygen atoms in total. The highest BCUT2D eigenvalue weighted by atomic mass is 16.8. The number of hydrogen-bond acceptors (Lipinski definition) is 3. The summed E-state index contributed by atoms with van der Waals surface area (Å²) in [6.07, 6.45) is 2.06. The Hall–Kier alpha value is -0.120. The maximum Gasteiger partial charge on any atom is 0.174 e. The number of unbranched alkanes of at least 4 members (excludes halogenated alkanes) is 1. The van der Waals surface area contributed by atoms with E-state index < -0.39 is 0 Å². The third-order valence-electron chi connectivity index (χ3n) is 1.38. The molecule has 0 aromatic carbocycles. The van der Waals surface area contributed by atoms with Crippen molar-refractivity contribution >= 4 is 0 Å². The Morgan fingerprint density at radius 3 is 2.38 bits per heavy atom. The molecule has 0 radical (unpaired) electrons. The second-order valence-corrected chi connectivity index (χ2v) is 4.26. The normalized spacial score (nSPS) is 14.5. The van der Waals surface area contributed by atoms with Gasteiger partial charge in [0.05, 0.1) is 0 Å². The lowest BCUT2D eigenvalue weighted by atomic mass is 10.1. The van der Waals surface area contributed by atoms with Crippen LogP contribution in [-0.4, -0.2) is 18.4 Å². The molecule has 80 valence electrons. The summed E-state index contributed by atoms with van der Waals surface area (Å²) in [6.45, 7) is 10.9. The van der Waals surface area contributed by atoms with Crippen molar-refractivity contribution in [3.8, 4) is 0 Å². The number of hydrogen-bond donors (Lipinski definition) is 1. The lowest BCUT2D eigenvalue weighted by Crippen LogP contribution is -2.38. The van der Waals surface area contributed by atoms with E-state index in [1.807, 2.05) is 27.7 Å². The van der Waals surface area contributed by atoms with Crippen LogP contribution in [0.5, 0.6) is 0 Å². The summed E-state index contributed by atoms with van der Waals surface area (Å²) in [5.74, 6) is 0. The summed E-state index contributed by atoms with van der Waals surface area (Å²) >= 11 is 0. The van der Waals surface area contributed by atoms with Gasteiger partial charge in [-0.1, -0.05) is 13.3 Å². The molecule has 0 spiro atoms. The van der Waals surface area contributed by atoms with Crippen molar-refractivity contribution in [1.82, 2.24) is 5.48 Å². The zero-order valence-corrected chi connectivity index (χ0v) is 9.52. The molecule has 0 aromatic rings. The van der Waals surface area contributed by atoms with Crippen molar-refractivity contribution in [1.29, 1.82) is 0 Å². The van der Waals surface area contributed by atoms with Gasteiger partial charge in [-0.3, -0.25) is 4.84 Å². The minimum absolute atomic E-state index is 0.0254. The van der Waals surface area contributed by atoms with E-state index in [-0.39, 0.29) is 11.8 Å². The van der Waals surface area contributed by atoms with Crippen molar-refractivity contribution in [2.75, 3.05) is 6.61 Å². The van der Waals surface area contributed by atoms with E-state index in [9.17, 15) is 0 Å². The van der Waals surface area contributed by atoms with Crippen LogP contribution in [0.25, 0.3) is 0 Å². The lowest BCUT2D eigenvalue weighted by Gasteiger charge is -2.23. The molecular weight excluding hydrogens is 166 g/mol. The van der Waals surface area contributed by atoms with Gasteiger partial charge in [-0.05, 0) is 34.1 Å². The fourth-order valence-electron chi connectivity index (χ4n) is 0.687. The smallest absolute Gasteiger partial charge is 0.174 e. The molecule has 1 unspecified atom stereocenters. The van der Waals surface area contributed by atoms with Crippen molar-refractivity contribution in [3.63, 3.8) is 0 Å². The maximum atomic E-state index is 5.39. The van der Waals surface area contributed by atoms with Gasteiger partial charge < -0.3 is 4.74 Å². The Kier molecular flexibility index (Phi) is 6.29. The molecule has 1 N–H and O–H groups in total. The monoisotopic (exact) mass is 189 g/mol. The molecule has 0 aliphatic rings. The van der Waals surface area contributed by atoms with Gasteiger partial charge in [0, 0.05) is 12.1 Å². The van der Waals surface area contributed by atoms with Crippen LogP contribution in [0.2, 0.25) is 0 Å². The van der Waals surface area contributed by atoms with E-state index in [1.165, 1.54) is 0 Å². The first-order valence-corrected chi connectivity index (χ1v) is 5.00. The summed E-state index contributed by atoms with van der Waals surface area (Å²) in [5.41, 5.74) is 2.90. The van der Waals surface area contributed by atoms with Gasteiger partial charge in [-0.2, -0.15) is 5.48 Å². The zero-order valence-electron chi connectivity index (χ0n) is 9.52. The number of hydroxylamine groups is 1. The second kappa shape index (κ2) is 6.35. The Morgan fingerprint density at radius 1 is 1.31 bits per heavy atom. The largest absolute Gasteiger partial charge is 0.351 e. The van der Waals surface area contributed by atoms with Gasteiger partial charge in [0.15, 0.2) is 6.29 Å². The van der Waals surface area contributed by atoms with Gasteiger partial charge in [0.25, 0.3) is 0 Å². The predicted octanol–water partition coefficient (Wildman–Crippen LogP) is 2.47. The van der Waals surface area contributed by atoms with Gasteiger partial charge in [0.1, 0.15) is 0 Å². The maximum absolute atomic E-state index is 5.39. The van der Waals surface area contributed by atoms with E-state index in [2.05, 4.69) is 12.4 Å². The van der Waals surface area contributed by atoms with Crippen LogP contribution >= 0.6 is 0 Å². The first-order valence-electron chi connectivity index (χ1n) is 5.00. The van der Waals surface area contributed by atoms with Crippen molar-refractivity contribution in [3.05, 3.63) is 0 Å². The summed E-state index contributed by atoms with van der Waals surface area (Å²) in [4.78, 5) is 5.28. The SMILES string of the molecule is CCCCOC(C)ONC(C)(C)C. The standard InChI is InChI=1S/C10H23NO2/c1-6-7-8-12-9(2)13-11-10(3,4)5/h9,11H,6-8H2,1-5H3. The topological polar surface area (TPSA) is 30.5 Å². The van der Waals surface area contributed by atoms with Crippen LogP contribution in [0.1, 0.15) is 47.5 Å². The first kappa shape index (κ1) is 12.9. The van der Waals surface area contributed by atoms with Gasteiger partial charge >= 0.3 is 0 Å². The highest BCUT2D eigenvalue weighted by Gasteiger charge is 2.11. The summed E-state index contributed by atoms with van der Waals surface area (Å²) in [5, 5.41) is 0. The molecule has 0 rings (SSSR count). The Balaban J connectivity index is 3.35. The van der Waals surface area contributed by atoms with Crippen molar-refractivity contribution < 1.29 is 9.57 Å². The molecule has 0 saturated heterocycles. The summed E-state index contributed by atoms with van der Waals surface area (Å²) in [7, 11) is 0. The molecular formula is C10H23NO2. The highest BCUT2D eigenvalue weighted by Crippen LogP contribution is 2.01. The summed E-state index contributed by atoms with van der Waals surface area (Å²) < 4.78 is 5.39. The molecule has 0 heterocycles. The molecule has 0 aliphatic carbocycles. The third-order valence-corrected chi connectivity index (χ3v) is 1.38. The minimum Gasteiger partial charge on any atom is -0.351 e. The Bertz CT molecular complexity index is 121. The van der Waals surface area contributed by atoms with Crippen LogP contribution in [0.3, 0.4) is 0 Å². The van der Waals surface area contributed by atoms with Crippen LogP contribution < -0.4 is 5.48 Å². The molecule has 1 atom stereocenters. The van der Waals surface area contributed by atoms with Crippen LogP contribution in [0, 0.1) is 0 Å². The molecule has 0 aliphatic heterocycles. The minimum atomic E-state index is -0.175. The zero-order chi connectivity index (χ0) is 10.3. The van der Waals surface area contributed by atoms with E-state index in [1.54, 1.807) is 0 Å². The van der Waals surface area contributed by atoms with Crippen LogP contribution in [-0.2, 0) is 9.57 Å². The molecule has 3 heteroatoms. The van der Waals surface area contributed by atoms with E-state index in [0.29, 0.717) is 0 Å². The number of rotatable bonds is 6. The second-order valence-electron chi connectivity index (χ2n) is 4.26. The molecule has 0 aromatic heterocycles. The molecule has 0 fully saturated rings. The number of nitrogens with one attached hydrogen (secondary N) is 1. The molecule has 0 saturated carbocycles. The van der Waals surface area contributed by atoms with Crippen LogP contribution in [0.4, 0.5) is 0 Å². The van der Waals surface area contributed by atoms with E-state index in [0.717, 1.165) is 19.4 Å². The fraction of sp³-hybridized carbons (Fsp3) is 1.00. The average Bonchev–Trinajstić information content (AvgIpc) is 2.00. The molecule has 13 heavy (non-hydrogen) atoms. The summed E-state index contributed by atoms with van der Waals surface area (Å²) in [6, 6.07) is 0. The van der Waals surface area contributed by atoms with Crippen LogP contribution in [0.15, 0.2) is 0 Å². The van der Waals surface area contributed by atoms with Gasteiger partial charge in [-0.15, -0.1) is 0 Å². The van der Waals surface area contributed by atoms with Gasteiger partial charge in [0.2, 0.25) is 0 Å². The lowest BCUT2D eigenvalue weighted by molar-refractivity contribution is -0.185. The van der Waals surface area contributed by atoms with Gasteiger partial charge in [-0.25, -0.2) is 0 Å².